The molecule has 24 heavy (non-hydrogen) atoms. The van der Waals surface area contributed by atoms with Crippen LogP contribution in [-0.4, -0.2) is 54.3 Å². The van der Waals surface area contributed by atoms with E-state index in [1.807, 2.05) is 6.92 Å². The van der Waals surface area contributed by atoms with Crippen molar-refractivity contribution in [3.63, 3.8) is 0 Å². The summed E-state index contributed by atoms with van der Waals surface area (Å²) in [5, 5.41) is 0. The van der Waals surface area contributed by atoms with Crippen molar-refractivity contribution in [2.45, 2.75) is 13.0 Å². The molecule has 1 aromatic carbocycles. The molecule has 7 heteroatoms. The number of benzene rings is 1. The normalized spacial score (nSPS) is 17.6. The smallest absolute Gasteiger partial charge is 0.261 e. The third kappa shape index (κ3) is 3.68. The Bertz CT molecular complexity index is 683. The van der Waals surface area contributed by atoms with Crippen molar-refractivity contribution in [3.05, 3.63) is 42.0 Å². The summed E-state index contributed by atoms with van der Waals surface area (Å²) < 4.78 is 16.2. The van der Waals surface area contributed by atoms with Gasteiger partial charge < -0.3 is 24.1 Å². The zero-order chi connectivity index (χ0) is 16.9. The second-order valence-electron chi connectivity index (χ2n) is 5.59. The summed E-state index contributed by atoms with van der Waals surface area (Å²) >= 11 is 0. The number of aromatic nitrogens is 2. The molecule has 128 valence electrons. The second-order valence-corrected chi connectivity index (χ2v) is 5.59. The number of nitrogens with one attached hydrogen (secondary N) is 1. The van der Waals surface area contributed by atoms with E-state index in [4.69, 9.17) is 14.2 Å². The van der Waals surface area contributed by atoms with Gasteiger partial charge in [-0.2, -0.15) is 0 Å². The maximum Gasteiger partial charge on any atom is 0.261 e. The number of aromatic amines is 1. The maximum absolute atomic E-state index is 12.6. The van der Waals surface area contributed by atoms with E-state index >= 15 is 0 Å². The number of morpholine rings is 1. The van der Waals surface area contributed by atoms with Gasteiger partial charge in [-0.1, -0.05) is 0 Å². The number of amides is 1. The molecule has 1 saturated heterocycles. The first-order chi connectivity index (χ1) is 11.7. The summed E-state index contributed by atoms with van der Waals surface area (Å²) in [7, 11) is 1.61. The van der Waals surface area contributed by atoms with Crippen LogP contribution in [0.1, 0.15) is 17.6 Å². The van der Waals surface area contributed by atoms with Crippen LogP contribution in [0.15, 0.2) is 30.5 Å². The molecule has 1 fully saturated rings. The number of ether oxygens (including phenoxy) is 3. The van der Waals surface area contributed by atoms with E-state index in [1.165, 1.54) is 0 Å². The van der Waals surface area contributed by atoms with Gasteiger partial charge in [-0.25, -0.2) is 4.98 Å². The molecule has 7 nitrogen and oxygen atoms in total. The molecule has 0 aliphatic carbocycles. The molecule has 0 spiro atoms. The standard InChI is InChI=1S/C17H21N3O4/c1-12-9-18-17(19-12)15-10-23-8-7-20(15)16(21)11-24-14-5-3-13(22-2)4-6-14/h3-6,9,15H,7-8,10-11H2,1-2H3,(H,18,19). The Morgan fingerprint density at radius 3 is 2.79 bits per heavy atom. The van der Waals surface area contributed by atoms with Crippen molar-refractivity contribution in [2.75, 3.05) is 33.5 Å². The minimum atomic E-state index is -0.209. The predicted octanol–water partition coefficient (Wildman–Crippen LogP) is 1.71. The van der Waals surface area contributed by atoms with Gasteiger partial charge in [-0.3, -0.25) is 4.79 Å². The zero-order valence-electron chi connectivity index (χ0n) is 13.8. The largest absolute Gasteiger partial charge is 0.497 e. The summed E-state index contributed by atoms with van der Waals surface area (Å²) in [4.78, 5) is 21.8. The molecular weight excluding hydrogens is 310 g/mol. The van der Waals surface area contributed by atoms with E-state index in [0.29, 0.717) is 25.5 Å². The highest BCUT2D eigenvalue weighted by Crippen LogP contribution is 2.23. The first-order valence-electron chi connectivity index (χ1n) is 7.83. The van der Waals surface area contributed by atoms with Crippen molar-refractivity contribution in [1.29, 1.82) is 0 Å². The van der Waals surface area contributed by atoms with Gasteiger partial charge in [0.15, 0.2) is 6.61 Å². The van der Waals surface area contributed by atoms with Crippen molar-refractivity contribution in [2.24, 2.45) is 0 Å². The Hall–Kier alpha value is -2.54. The number of rotatable bonds is 5. The third-order valence-corrected chi connectivity index (χ3v) is 3.91. The van der Waals surface area contributed by atoms with Crippen LogP contribution in [0.4, 0.5) is 0 Å². The summed E-state index contributed by atoms with van der Waals surface area (Å²) in [6.07, 6.45) is 1.75. The minimum absolute atomic E-state index is 0.0253. The summed E-state index contributed by atoms with van der Waals surface area (Å²) in [5.41, 5.74) is 0.956. The molecule has 1 unspecified atom stereocenters. The van der Waals surface area contributed by atoms with E-state index in [0.717, 1.165) is 17.3 Å². The Morgan fingerprint density at radius 2 is 2.12 bits per heavy atom. The van der Waals surface area contributed by atoms with Crippen LogP contribution >= 0.6 is 0 Å². The van der Waals surface area contributed by atoms with E-state index in [2.05, 4.69) is 9.97 Å². The van der Waals surface area contributed by atoms with Gasteiger partial charge in [0.25, 0.3) is 5.91 Å². The van der Waals surface area contributed by atoms with Gasteiger partial charge in [0, 0.05) is 18.4 Å². The molecule has 2 aromatic rings. The quantitative estimate of drug-likeness (QED) is 0.902. The molecule has 1 N–H and O–H groups in total. The summed E-state index contributed by atoms with van der Waals surface area (Å²) in [5.74, 6) is 2.02. The fourth-order valence-corrected chi connectivity index (χ4v) is 2.63. The van der Waals surface area contributed by atoms with E-state index in [-0.39, 0.29) is 18.6 Å². The molecular formula is C17H21N3O4. The van der Waals surface area contributed by atoms with Crippen LogP contribution in [-0.2, 0) is 9.53 Å². The highest BCUT2D eigenvalue weighted by molar-refractivity contribution is 5.78. The molecule has 1 amide bonds. The monoisotopic (exact) mass is 331 g/mol. The Kier molecular flexibility index (Phi) is 5.00. The zero-order valence-corrected chi connectivity index (χ0v) is 13.8. The van der Waals surface area contributed by atoms with Crippen LogP contribution < -0.4 is 9.47 Å². The van der Waals surface area contributed by atoms with Crippen molar-refractivity contribution in [1.82, 2.24) is 14.9 Å². The van der Waals surface area contributed by atoms with Crippen LogP contribution in [0.3, 0.4) is 0 Å². The number of nitrogens with zero attached hydrogens (tertiary/aromatic N) is 2. The van der Waals surface area contributed by atoms with Gasteiger partial charge in [0.05, 0.1) is 20.3 Å². The second kappa shape index (κ2) is 7.35. The molecule has 1 aliphatic heterocycles. The van der Waals surface area contributed by atoms with E-state index in [9.17, 15) is 4.79 Å². The molecule has 0 radical (unpaired) electrons. The number of hydrogen-bond acceptors (Lipinski definition) is 5. The summed E-state index contributed by atoms with van der Waals surface area (Å²) in [6.45, 7) is 3.38. The third-order valence-electron chi connectivity index (χ3n) is 3.91. The number of aryl methyl sites for hydroxylation is 1. The highest BCUT2D eigenvalue weighted by Gasteiger charge is 2.30. The number of imidazole rings is 1. The predicted molar refractivity (Wildman–Crippen MR) is 87.1 cm³/mol. The van der Waals surface area contributed by atoms with E-state index in [1.54, 1.807) is 42.5 Å². The van der Waals surface area contributed by atoms with Crippen LogP contribution in [0.5, 0.6) is 11.5 Å². The number of carbonyl (C=O) groups is 1. The molecule has 2 heterocycles. The average Bonchev–Trinajstić information content (AvgIpc) is 3.06. The lowest BCUT2D eigenvalue weighted by atomic mass is 10.2. The lowest BCUT2D eigenvalue weighted by Gasteiger charge is -2.34. The Morgan fingerprint density at radius 1 is 1.38 bits per heavy atom. The molecule has 1 aromatic heterocycles. The molecule has 0 saturated carbocycles. The molecule has 0 bridgehead atoms. The van der Waals surface area contributed by atoms with E-state index < -0.39 is 0 Å². The fourth-order valence-electron chi connectivity index (χ4n) is 2.63. The maximum atomic E-state index is 12.6. The number of carbonyl (C=O) groups excluding carboxylic acids is 1. The van der Waals surface area contributed by atoms with Crippen molar-refractivity contribution in [3.8, 4) is 11.5 Å². The topological polar surface area (TPSA) is 76.7 Å². The number of H-pyrrole nitrogens is 1. The van der Waals surface area contributed by atoms with Crippen molar-refractivity contribution < 1.29 is 19.0 Å². The lowest BCUT2D eigenvalue weighted by Crippen LogP contribution is -2.45. The summed E-state index contributed by atoms with van der Waals surface area (Å²) in [6, 6.07) is 6.93. The molecule has 1 aliphatic rings. The Labute approximate surface area is 140 Å². The fraction of sp³-hybridized carbons (Fsp3) is 0.412. The first-order valence-corrected chi connectivity index (χ1v) is 7.83. The van der Waals surface area contributed by atoms with Gasteiger partial charge in [0.2, 0.25) is 0 Å². The first kappa shape index (κ1) is 16.3. The van der Waals surface area contributed by atoms with Crippen LogP contribution in [0.25, 0.3) is 0 Å². The lowest BCUT2D eigenvalue weighted by molar-refractivity contribution is -0.142. The highest BCUT2D eigenvalue weighted by atomic mass is 16.5. The van der Waals surface area contributed by atoms with Gasteiger partial charge in [-0.15, -0.1) is 0 Å². The van der Waals surface area contributed by atoms with Gasteiger partial charge in [0.1, 0.15) is 23.4 Å². The minimum Gasteiger partial charge on any atom is -0.497 e. The Balaban J connectivity index is 1.63. The van der Waals surface area contributed by atoms with Gasteiger partial charge >= 0.3 is 0 Å². The molecule has 1 atom stereocenters. The van der Waals surface area contributed by atoms with Crippen LogP contribution in [0.2, 0.25) is 0 Å². The molecule has 3 rings (SSSR count). The number of methoxy groups -OCH3 is 1. The average molecular weight is 331 g/mol. The van der Waals surface area contributed by atoms with Crippen molar-refractivity contribution >= 4 is 5.91 Å². The number of hydrogen-bond donors (Lipinski definition) is 1. The van der Waals surface area contributed by atoms with Crippen LogP contribution in [0, 0.1) is 6.92 Å². The van der Waals surface area contributed by atoms with Gasteiger partial charge in [-0.05, 0) is 31.2 Å². The SMILES string of the molecule is COc1ccc(OCC(=O)N2CCOCC2c2ncc(C)[nH]2)cc1.